The van der Waals surface area contributed by atoms with Crippen molar-refractivity contribution in [2.75, 3.05) is 12.8 Å². The van der Waals surface area contributed by atoms with Gasteiger partial charge in [0.25, 0.3) is 0 Å². The van der Waals surface area contributed by atoms with Crippen molar-refractivity contribution in [2.45, 2.75) is 6.61 Å². The normalized spacial score (nSPS) is 10.1. The van der Waals surface area contributed by atoms with Gasteiger partial charge in [0.2, 0.25) is 0 Å². The fourth-order valence-electron chi connectivity index (χ4n) is 1.60. The van der Waals surface area contributed by atoms with Crippen LogP contribution in [0.5, 0.6) is 11.5 Å². The van der Waals surface area contributed by atoms with Gasteiger partial charge < -0.3 is 15.2 Å². The number of halogens is 1. The average molecular weight is 264 g/mol. The molecular weight excluding hydrogens is 250 g/mol. The molecule has 0 heterocycles. The highest BCUT2D eigenvalue weighted by atomic mass is 35.5. The van der Waals surface area contributed by atoms with E-state index in [1.807, 2.05) is 30.3 Å². The highest BCUT2D eigenvalue weighted by Crippen LogP contribution is 2.31. The van der Waals surface area contributed by atoms with Gasteiger partial charge in [0.1, 0.15) is 23.8 Å². The second-order valence-corrected chi connectivity index (χ2v) is 4.16. The van der Waals surface area contributed by atoms with Crippen molar-refractivity contribution >= 4 is 17.3 Å². The number of hydrogen-bond acceptors (Lipinski definition) is 3. The summed E-state index contributed by atoms with van der Waals surface area (Å²) in [5.41, 5.74) is 7.32. The van der Waals surface area contributed by atoms with E-state index < -0.39 is 0 Å². The van der Waals surface area contributed by atoms with Gasteiger partial charge in [-0.3, -0.25) is 0 Å². The number of nitrogens with two attached hydrogens (primary N) is 1. The van der Waals surface area contributed by atoms with Crippen LogP contribution in [0.3, 0.4) is 0 Å². The van der Waals surface area contributed by atoms with Gasteiger partial charge in [0, 0.05) is 10.6 Å². The smallest absolute Gasteiger partial charge is 0.146 e. The minimum atomic E-state index is 0.372. The van der Waals surface area contributed by atoms with Gasteiger partial charge in [0.15, 0.2) is 0 Å². The molecular formula is C14H14ClNO2. The Morgan fingerprint density at radius 2 is 1.78 bits per heavy atom. The van der Waals surface area contributed by atoms with Gasteiger partial charge in [-0.25, -0.2) is 0 Å². The van der Waals surface area contributed by atoms with Crippen LogP contribution in [0.4, 0.5) is 5.69 Å². The van der Waals surface area contributed by atoms with Crippen molar-refractivity contribution in [1.29, 1.82) is 0 Å². The van der Waals surface area contributed by atoms with Crippen LogP contribution >= 0.6 is 11.6 Å². The first-order valence-corrected chi connectivity index (χ1v) is 5.89. The number of anilines is 1. The van der Waals surface area contributed by atoms with Crippen LogP contribution in [-0.4, -0.2) is 7.11 Å². The number of benzene rings is 2. The Morgan fingerprint density at radius 3 is 2.50 bits per heavy atom. The molecule has 0 bridgehead atoms. The molecule has 0 fully saturated rings. The van der Waals surface area contributed by atoms with E-state index >= 15 is 0 Å². The van der Waals surface area contributed by atoms with Crippen molar-refractivity contribution in [3.8, 4) is 11.5 Å². The molecule has 18 heavy (non-hydrogen) atoms. The van der Waals surface area contributed by atoms with E-state index in [4.69, 9.17) is 26.8 Å². The Morgan fingerprint density at radius 1 is 1.06 bits per heavy atom. The van der Waals surface area contributed by atoms with E-state index in [0.717, 1.165) is 5.56 Å². The molecule has 3 nitrogen and oxygen atoms in total. The van der Waals surface area contributed by atoms with E-state index in [1.165, 1.54) is 0 Å². The minimum absolute atomic E-state index is 0.372. The standard InChI is InChI=1S/C14H14ClNO2/c1-17-12-7-4-8-13(14(12)16)18-9-10-5-2-3-6-11(10)15/h2-8H,9,16H2,1H3. The molecule has 2 aromatic rings. The number of methoxy groups -OCH3 is 1. The molecule has 0 aliphatic heterocycles. The molecule has 0 atom stereocenters. The van der Waals surface area contributed by atoms with Crippen molar-refractivity contribution < 1.29 is 9.47 Å². The molecule has 0 saturated carbocycles. The Kier molecular flexibility index (Phi) is 3.95. The number of ether oxygens (including phenoxy) is 2. The fraction of sp³-hybridized carbons (Fsp3) is 0.143. The summed E-state index contributed by atoms with van der Waals surface area (Å²) in [6.45, 7) is 0.372. The summed E-state index contributed by atoms with van der Waals surface area (Å²) < 4.78 is 10.8. The molecule has 2 rings (SSSR count). The van der Waals surface area contributed by atoms with Crippen molar-refractivity contribution in [1.82, 2.24) is 0 Å². The van der Waals surface area contributed by atoms with Gasteiger partial charge in [0.05, 0.1) is 7.11 Å². The Bertz CT molecular complexity index is 543. The third-order valence-corrected chi connectivity index (χ3v) is 2.96. The van der Waals surface area contributed by atoms with Gasteiger partial charge in [-0.2, -0.15) is 0 Å². The zero-order chi connectivity index (χ0) is 13.0. The maximum Gasteiger partial charge on any atom is 0.146 e. The first-order chi connectivity index (χ1) is 8.72. The highest BCUT2D eigenvalue weighted by molar-refractivity contribution is 6.31. The molecule has 0 spiro atoms. The van der Waals surface area contributed by atoms with Crippen LogP contribution in [-0.2, 0) is 6.61 Å². The summed E-state index contributed by atoms with van der Waals surface area (Å²) in [6.07, 6.45) is 0. The lowest BCUT2D eigenvalue weighted by atomic mass is 10.2. The molecule has 2 aromatic carbocycles. The Labute approximate surface area is 111 Å². The van der Waals surface area contributed by atoms with E-state index in [1.54, 1.807) is 19.2 Å². The Balaban J connectivity index is 2.14. The van der Waals surface area contributed by atoms with E-state index in [-0.39, 0.29) is 0 Å². The summed E-state index contributed by atoms with van der Waals surface area (Å²) in [4.78, 5) is 0. The van der Waals surface area contributed by atoms with Gasteiger partial charge in [-0.05, 0) is 18.2 Å². The van der Waals surface area contributed by atoms with Crippen LogP contribution in [0.2, 0.25) is 5.02 Å². The molecule has 0 amide bonds. The Hall–Kier alpha value is -1.87. The molecule has 4 heteroatoms. The maximum absolute atomic E-state index is 6.05. The molecule has 2 N–H and O–H groups in total. The molecule has 0 aliphatic carbocycles. The summed E-state index contributed by atoms with van der Waals surface area (Å²) >= 11 is 6.05. The third-order valence-electron chi connectivity index (χ3n) is 2.59. The number of nitrogen functional groups attached to an aromatic ring is 1. The van der Waals surface area contributed by atoms with Crippen molar-refractivity contribution in [3.05, 3.63) is 53.1 Å². The largest absolute Gasteiger partial charge is 0.494 e. The lowest BCUT2D eigenvalue weighted by molar-refractivity contribution is 0.306. The minimum Gasteiger partial charge on any atom is -0.494 e. The molecule has 0 radical (unpaired) electrons. The summed E-state index contributed by atoms with van der Waals surface area (Å²) in [6, 6.07) is 13.0. The van der Waals surface area contributed by atoms with Crippen LogP contribution in [0.15, 0.2) is 42.5 Å². The SMILES string of the molecule is COc1cccc(OCc2ccccc2Cl)c1N. The quantitative estimate of drug-likeness (QED) is 0.859. The van der Waals surface area contributed by atoms with Crippen LogP contribution < -0.4 is 15.2 Å². The van der Waals surface area contributed by atoms with Crippen LogP contribution in [0, 0.1) is 0 Å². The number of para-hydroxylation sites is 1. The summed E-state index contributed by atoms with van der Waals surface area (Å²) in [7, 11) is 1.57. The topological polar surface area (TPSA) is 44.5 Å². The zero-order valence-corrected chi connectivity index (χ0v) is 10.8. The highest BCUT2D eigenvalue weighted by Gasteiger charge is 2.07. The molecule has 0 unspecified atom stereocenters. The molecule has 0 saturated heterocycles. The summed E-state index contributed by atoms with van der Waals surface area (Å²) in [5, 5.41) is 0.680. The van der Waals surface area contributed by atoms with Crippen LogP contribution in [0.1, 0.15) is 5.56 Å². The number of hydrogen-bond donors (Lipinski definition) is 1. The first kappa shape index (κ1) is 12.6. The second-order valence-electron chi connectivity index (χ2n) is 3.75. The zero-order valence-electron chi connectivity index (χ0n) is 10.0. The van der Waals surface area contributed by atoms with E-state index in [0.29, 0.717) is 28.8 Å². The van der Waals surface area contributed by atoms with Crippen LogP contribution in [0.25, 0.3) is 0 Å². The van der Waals surface area contributed by atoms with Gasteiger partial charge in [-0.1, -0.05) is 35.9 Å². The summed E-state index contributed by atoms with van der Waals surface area (Å²) in [5.74, 6) is 1.20. The first-order valence-electron chi connectivity index (χ1n) is 5.51. The van der Waals surface area contributed by atoms with Gasteiger partial charge >= 0.3 is 0 Å². The second kappa shape index (κ2) is 5.65. The predicted octanol–water partition coefficient (Wildman–Crippen LogP) is 3.51. The molecule has 0 aliphatic rings. The van der Waals surface area contributed by atoms with E-state index in [2.05, 4.69) is 0 Å². The lowest BCUT2D eigenvalue weighted by Gasteiger charge is -2.12. The third kappa shape index (κ3) is 2.68. The number of rotatable bonds is 4. The maximum atomic E-state index is 6.05. The predicted molar refractivity (Wildman–Crippen MR) is 73.2 cm³/mol. The molecule has 94 valence electrons. The fourth-order valence-corrected chi connectivity index (χ4v) is 1.79. The monoisotopic (exact) mass is 263 g/mol. The van der Waals surface area contributed by atoms with E-state index in [9.17, 15) is 0 Å². The lowest BCUT2D eigenvalue weighted by Crippen LogP contribution is -2.00. The average Bonchev–Trinajstić information content (AvgIpc) is 2.39. The van der Waals surface area contributed by atoms with Crippen molar-refractivity contribution in [3.63, 3.8) is 0 Å². The van der Waals surface area contributed by atoms with Gasteiger partial charge in [-0.15, -0.1) is 0 Å². The molecule has 0 aromatic heterocycles. The van der Waals surface area contributed by atoms with Crippen molar-refractivity contribution in [2.24, 2.45) is 0 Å².